The molecule has 3 rings (SSSR count). The Morgan fingerprint density at radius 2 is 1.76 bits per heavy atom. The van der Waals surface area contributed by atoms with Gasteiger partial charge in [0.1, 0.15) is 11.2 Å². The molecule has 0 amide bonds. The monoisotopic (exact) mass is 368 g/mol. The number of epoxide rings is 1. The Morgan fingerprint density at radius 1 is 1.12 bits per heavy atom. The maximum absolute atomic E-state index is 10.5. The molecule has 0 spiro atoms. The number of rotatable bonds is 4. The first kappa shape index (κ1) is 19.8. The molecule has 0 unspecified atom stereocenters. The van der Waals surface area contributed by atoms with E-state index in [4.69, 9.17) is 9.16 Å². The first-order valence-corrected chi connectivity index (χ1v) is 13.1. The highest BCUT2D eigenvalue weighted by molar-refractivity contribution is 6.74. The van der Waals surface area contributed by atoms with Gasteiger partial charge in [0.25, 0.3) is 0 Å². The molecule has 1 saturated heterocycles. The van der Waals surface area contributed by atoms with Gasteiger partial charge in [0.2, 0.25) is 0 Å². The summed E-state index contributed by atoms with van der Waals surface area (Å²) in [5.74, 6) is 0.629. The molecule has 0 aromatic carbocycles. The second-order valence-electron chi connectivity index (χ2n) is 11.5. The van der Waals surface area contributed by atoms with Crippen LogP contribution in [0.25, 0.3) is 0 Å². The molecule has 0 bridgehead atoms. The minimum absolute atomic E-state index is 0.0680. The maximum Gasteiger partial charge on any atom is 0.192 e. The molecule has 2 saturated carbocycles. The molecule has 0 aromatic heterocycles. The number of aliphatic hydroxyl groups is 1. The van der Waals surface area contributed by atoms with E-state index >= 15 is 0 Å². The summed E-state index contributed by atoms with van der Waals surface area (Å²) in [4.78, 5) is 0. The van der Waals surface area contributed by atoms with Gasteiger partial charge in [-0.1, -0.05) is 48.0 Å². The van der Waals surface area contributed by atoms with E-state index in [1.807, 2.05) is 0 Å². The van der Waals surface area contributed by atoms with E-state index in [2.05, 4.69) is 54.6 Å². The molecule has 3 fully saturated rings. The molecule has 146 valence electrons. The molecule has 25 heavy (non-hydrogen) atoms. The summed E-state index contributed by atoms with van der Waals surface area (Å²) in [5, 5.41) is 10.7. The third kappa shape index (κ3) is 2.61. The summed E-state index contributed by atoms with van der Waals surface area (Å²) >= 11 is 0. The largest absolute Gasteiger partial charge is 0.414 e. The van der Waals surface area contributed by atoms with Crippen LogP contribution in [0.15, 0.2) is 0 Å². The lowest BCUT2D eigenvalue weighted by atomic mass is 9.46. The zero-order chi connectivity index (χ0) is 18.9. The minimum atomic E-state index is -1.81. The van der Waals surface area contributed by atoms with Gasteiger partial charge in [0, 0.05) is 5.41 Å². The predicted molar refractivity (Wildman–Crippen MR) is 105 cm³/mol. The Hall–Kier alpha value is 0.0969. The number of hydrogen-bond donors (Lipinski definition) is 1. The molecule has 0 aromatic rings. The highest BCUT2D eigenvalue weighted by Gasteiger charge is 2.81. The second-order valence-corrected chi connectivity index (χ2v) is 16.3. The average Bonchev–Trinajstić information content (AvgIpc) is 3.15. The van der Waals surface area contributed by atoms with E-state index in [9.17, 15) is 5.11 Å². The molecule has 4 atom stereocenters. The molecular weight excluding hydrogens is 328 g/mol. The third-order valence-electron chi connectivity index (χ3n) is 8.75. The molecule has 0 radical (unpaired) electrons. The highest BCUT2D eigenvalue weighted by atomic mass is 28.4. The van der Waals surface area contributed by atoms with Crippen molar-refractivity contribution < 1.29 is 14.3 Å². The second kappa shape index (κ2) is 5.56. The molecule has 3 aliphatic rings. The lowest BCUT2D eigenvalue weighted by molar-refractivity contribution is -0.0873. The van der Waals surface area contributed by atoms with Crippen LogP contribution >= 0.6 is 0 Å². The fraction of sp³-hybridized carbons (Fsp3) is 1.00. The zero-order valence-electron chi connectivity index (χ0n) is 17.8. The van der Waals surface area contributed by atoms with Crippen LogP contribution in [0, 0.1) is 16.7 Å². The van der Waals surface area contributed by atoms with Crippen molar-refractivity contribution >= 4 is 8.32 Å². The standard InChI is InChI=1S/C21H40O3Si/c1-17(2,3)25(7,8)23-15-20-13-10-16-18(4,5)11-9-12-19(16,6)21(20,14-22)24-20/h16,22H,9-15H2,1-8H3/t16-,19-,20-,21-/m0/s1. The zero-order valence-corrected chi connectivity index (χ0v) is 18.8. The molecule has 2 aliphatic carbocycles. The topological polar surface area (TPSA) is 42.0 Å². The fourth-order valence-corrected chi connectivity index (χ4v) is 7.01. The normalized spacial score (nSPS) is 43.3. The molecule has 1 aliphatic heterocycles. The van der Waals surface area contributed by atoms with Crippen molar-refractivity contribution in [3.05, 3.63) is 0 Å². The van der Waals surface area contributed by atoms with E-state index in [0.29, 0.717) is 17.9 Å². The van der Waals surface area contributed by atoms with E-state index in [0.717, 1.165) is 6.42 Å². The van der Waals surface area contributed by atoms with Gasteiger partial charge in [0.15, 0.2) is 8.32 Å². The molecule has 1 N–H and O–H groups in total. The van der Waals surface area contributed by atoms with E-state index in [-0.39, 0.29) is 28.3 Å². The lowest BCUT2D eigenvalue weighted by Gasteiger charge is -2.56. The Bertz CT molecular complexity index is 538. The van der Waals surface area contributed by atoms with Crippen LogP contribution < -0.4 is 0 Å². The molecule has 1 heterocycles. The fourth-order valence-electron chi connectivity index (χ4n) is 5.98. The van der Waals surface area contributed by atoms with Gasteiger partial charge in [0.05, 0.1) is 13.2 Å². The van der Waals surface area contributed by atoms with Crippen LogP contribution in [0.1, 0.15) is 73.6 Å². The van der Waals surface area contributed by atoms with Gasteiger partial charge >= 0.3 is 0 Å². The first-order valence-electron chi connectivity index (χ1n) is 10.2. The Balaban J connectivity index is 1.85. The van der Waals surface area contributed by atoms with Crippen LogP contribution in [0.2, 0.25) is 18.1 Å². The van der Waals surface area contributed by atoms with Gasteiger partial charge in [-0.05, 0) is 55.1 Å². The third-order valence-corrected chi connectivity index (χ3v) is 13.2. The predicted octanol–water partition coefficient (Wildman–Crippen LogP) is 5.13. The molecule has 4 heteroatoms. The van der Waals surface area contributed by atoms with Crippen LogP contribution in [0.5, 0.6) is 0 Å². The van der Waals surface area contributed by atoms with Crippen molar-refractivity contribution in [2.45, 2.75) is 103 Å². The van der Waals surface area contributed by atoms with Crippen molar-refractivity contribution in [1.82, 2.24) is 0 Å². The SMILES string of the molecule is CC1(C)CCC[C@@]2(C)[C@H]1CC[C@@]1(CO[Si](C)(C)C(C)(C)C)O[C@]12CO. The van der Waals surface area contributed by atoms with Crippen molar-refractivity contribution in [3.63, 3.8) is 0 Å². The van der Waals surface area contributed by atoms with Crippen LogP contribution in [-0.4, -0.2) is 37.8 Å². The minimum Gasteiger partial charge on any atom is -0.414 e. The van der Waals surface area contributed by atoms with Crippen molar-refractivity contribution in [3.8, 4) is 0 Å². The number of ether oxygens (including phenoxy) is 1. The summed E-state index contributed by atoms with van der Waals surface area (Å²) in [6.07, 6.45) is 5.94. The van der Waals surface area contributed by atoms with Gasteiger partial charge in [-0.15, -0.1) is 0 Å². The molecular formula is C21H40O3Si. The summed E-state index contributed by atoms with van der Waals surface area (Å²) in [6.45, 7) is 19.5. The Kier molecular flexibility index (Phi) is 4.41. The summed E-state index contributed by atoms with van der Waals surface area (Å²) in [7, 11) is -1.81. The Morgan fingerprint density at radius 3 is 2.32 bits per heavy atom. The Labute approximate surface area is 156 Å². The summed E-state index contributed by atoms with van der Waals surface area (Å²) < 4.78 is 13.1. The van der Waals surface area contributed by atoms with Gasteiger partial charge < -0.3 is 14.3 Å². The van der Waals surface area contributed by atoms with Gasteiger partial charge in [-0.3, -0.25) is 0 Å². The van der Waals surface area contributed by atoms with Crippen LogP contribution in [0.3, 0.4) is 0 Å². The van der Waals surface area contributed by atoms with Crippen molar-refractivity contribution in [2.75, 3.05) is 13.2 Å². The quantitative estimate of drug-likeness (QED) is 0.552. The van der Waals surface area contributed by atoms with Crippen LogP contribution in [-0.2, 0) is 9.16 Å². The maximum atomic E-state index is 10.5. The van der Waals surface area contributed by atoms with Gasteiger partial charge in [-0.2, -0.15) is 0 Å². The summed E-state index contributed by atoms with van der Waals surface area (Å²) in [5.41, 5.74) is -0.231. The summed E-state index contributed by atoms with van der Waals surface area (Å²) in [6, 6.07) is 0. The number of aliphatic hydroxyl groups excluding tert-OH is 1. The van der Waals surface area contributed by atoms with Crippen molar-refractivity contribution in [2.24, 2.45) is 16.7 Å². The number of fused-ring (bicyclic) bond motifs is 3. The lowest BCUT2D eigenvalue weighted by Crippen LogP contribution is -2.59. The molecule has 3 nitrogen and oxygen atoms in total. The smallest absolute Gasteiger partial charge is 0.192 e. The van der Waals surface area contributed by atoms with E-state index < -0.39 is 8.32 Å². The van der Waals surface area contributed by atoms with E-state index in [1.54, 1.807) is 0 Å². The average molecular weight is 369 g/mol. The van der Waals surface area contributed by atoms with Crippen LogP contribution in [0.4, 0.5) is 0 Å². The highest BCUT2D eigenvalue weighted by Crippen LogP contribution is 2.73. The van der Waals surface area contributed by atoms with Crippen molar-refractivity contribution in [1.29, 1.82) is 0 Å². The van der Waals surface area contributed by atoms with E-state index in [1.165, 1.54) is 25.7 Å². The number of hydrogen-bond acceptors (Lipinski definition) is 3. The van der Waals surface area contributed by atoms with Gasteiger partial charge in [-0.25, -0.2) is 0 Å². The first-order chi connectivity index (χ1) is 11.3.